The number of amides is 1. The smallest absolute Gasteiger partial charge is 0.272 e. The van der Waals surface area contributed by atoms with E-state index in [0.717, 1.165) is 6.92 Å². The highest BCUT2D eigenvalue weighted by Crippen LogP contribution is 2.16. The summed E-state index contributed by atoms with van der Waals surface area (Å²) >= 11 is 0. The lowest BCUT2D eigenvalue weighted by molar-refractivity contribution is -0.115. The van der Waals surface area contributed by atoms with Crippen LogP contribution in [0.5, 0.6) is 0 Å². The van der Waals surface area contributed by atoms with Crippen molar-refractivity contribution in [3.8, 4) is 0 Å². The molecule has 0 aliphatic carbocycles. The van der Waals surface area contributed by atoms with Crippen molar-refractivity contribution in [2.24, 2.45) is 9.50 Å². The summed E-state index contributed by atoms with van der Waals surface area (Å²) in [5.74, 6) is -2.23. The Labute approximate surface area is 88.5 Å². The summed E-state index contributed by atoms with van der Waals surface area (Å²) < 4.78 is 51.6. The third-order valence-corrected chi connectivity index (χ3v) is 2.76. The average molecular weight is 256 g/mol. The molecular formula is C6H7F3N4O2S. The molecule has 0 bridgehead atoms. The summed E-state index contributed by atoms with van der Waals surface area (Å²) in [6.45, 7) is -2.16. The minimum absolute atomic E-state index is 0.0627. The summed E-state index contributed by atoms with van der Waals surface area (Å²) in [6.07, 6.45) is 0.322. The fourth-order valence-corrected chi connectivity index (χ4v) is 1.90. The number of hydrogen-bond donors (Lipinski definition) is 1. The van der Waals surface area contributed by atoms with Gasteiger partial charge in [-0.05, 0) is 0 Å². The summed E-state index contributed by atoms with van der Waals surface area (Å²) in [4.78, 5) is 10.6. The van der Waals surface area contributed by atoms with Gasteiger partial charge in [-0.25, -0.2) is 18.4 Å². The van der Waals surface area contributed by atoms with Crippen LogP contribution in [-0.4, -0.2) is 19.9 Å². The first-order chi connectivity index (χ1) is 7.24. The molecule has 16 heavy (non-hydrogen) atoms. The standard InChI is InChI=1S/C6H7F3N4O2S/c1-3(14)12-16(10,15)5-4(7)2-13(11-5)6(8)9/h2,6H,1H3,(H2,10,12,14,15). The van der Waals surface area contributed by atoms with E-state index in [4.69, 9.17) is 5.14 Å². The van der Waals surface area contributed by atoms with Gasteiger partial charge in [0, 0.05) is 6.92 Å². The fraction of sp³-hybridized carbons (Fsp3) is 0.333. The van der Waals surface area contributed by atoms with E-state index in [-0.39, 0.29) is 4.68 Å². The predicted octanol–water partition coefficient (Wildman–Crippen LogP) is 0.664. The van der Waals surface area contributed by atoms with Crippen LogP contribution in [0.3, 0.4) is 0 Å². The highest BCUT2D eigenvalue weighted by atomic mass is 32.2. The normalized spacial score (nSPS) is 14.9. The van der Waals surface area contributed by atoms with Gasteiger partial charge in [-0.3, -0.25) is 4.79 Å². The third kappa shape index (κ3) is 2.58. The van der Waals surface area contributed by atoms with Crippen molar-refractivity contribution in [3.63, 3.8) is 0 Å². The molecule has 90 valence electrons. The van der Waals surface area contributed by atoms with Gasteiger partial charge in [-0.15, -0.1) is 4.36 Å². The van der Waals surface area contributed by atoms with Crippen molar-refractivity contribution in [1.29, 1.82) is 0 Å². The third-order valence-electron chi connectivity index (χ3n) is 1.40. The molecule has 1 aromatic heterocycles. The number of carbonyl (C=O) groups excluding carboxylic acids is 1. The quantitative estimate of drug-likeness (QED) is 0.842. The van der Waals surface area contributed by atoms with Crippen LogP contribution >= 0.6 is 0 Å². The molecule has 1 atom stereocenters. The summed E-state index contributed by atoms with van der Waals surface area (Å²) in [6, 6.07) is 0. The minimum Gasteiger partial charge on any atom is -0.272 e. The average Bonchev–Trinajstić information content (AvgIpc) is 2.45. The molecule has 10 heteroatoms. The van der Waals surface area contributed by atoms with Gasteiger partial charge in [0.2, 0.25) is 5.03 Å². The van der Waals surface area contributed by atoms with Crippen molar-refractivity contribution >= 4 is 15.8 Å². The van der Waals surface area contributed by atoms with E-state index < -0.39 is 33.2 Å². The number of hydrogen-bond acceptors (Lipinski definition) is 3. The van der Waals surface area contributed by atoms with Crippen LogP contribution in [0.15, 0.2) is 15.6 Å². The van der Waals surface area contributed by atoms with Gasteiger partial charge in [0.15, 0.2) is 15.7 Å². The number of aromatic nitrogens is 2. The van der Waals surface area contributed by atoms with Gasteiger partial charge in [0.25, 0.3) is 5.91 Å². The zero-order valence-corrected chi connectivity index (χ0v) is 8.75. The molecule has 2 N–H and O–H groups in total. The van der Waals surface area contributed by atoms with E-state index in [1.54, 1.807) is 0 Å². The molecular weight excluding hydrogens is 249 g/mol. The largest absolute Gasteiger partial charge is 0.333 e. The van der Waals surface area contributed by atoms with Gasteiger partial charge in [-0.2, -0.15) is 13.9 Å². The van der Waals surface area contributed by atoms with E-state index in [1.807, 2.05) is 0 Å². The number of nitrogens with zero attached hydrogens (tertiary/aromatic N) is 3. The van der Waals surface area contributed by atoms with E-state index in [0.29, 0.717) is 6.20 Å². The van der Waals surface area contributed by atoms with Crippen molar-refractivity contribution in [3.05, 3.63) is 12.0 Å². The molecule has 1 aromatic rings. The first-order valence-corrected chi connectivity index (χ1v) is 5.40. The molecule has 0 aliphatic rings. The maximum absolute atomic E-state index is 13.1. The Morgan fingerprint density at radius 1 is 1.69 bits per heavy atom. The van der Waals surface area contributed by atoms with Crippen LogP contribution in [0.1, 0.15) is 13.5 Å². The topological polar surface area (TPSA) is 90.3 Å². The first kappa shape index (κ1) is 12.6. The molecule has 0 saturated heterocycles. The highest BCUT2D eigenvalue weighted by molar-refractivity contribution is 7.91. The Bertz CT molecular complexity index is 532. The molecule has 0 radical (unpaired) electrons. The van der Waals surface area contributed by atoms with Crippen molar-refractivity contribution < 1.29 is 22.2 Å². The van der Waals surface area contributed by atoms with Gasteiger partial charge >= 0.3 is 6.55 Å². The number of carbonyl (C=O) groups is 1. The summed E-state index contributed by atoms with van der Waals surface area (Å²) in [5, 5.41) is 7.04. The van der Waals surface area contributed by atoms with Gasteiger partial charge in [0.1, 0.15) is 0 Å². The zero-order chi connectivity index (χ0) is 12.5. The number of alkyl halides is 2. The van der Waals surface area contributed by atoms with Crippen LogP contribution in [0.4, 0.5) is 13.2 Å². The Morgan fingerprint density at radius 2 is 2.25 bits per heavy atom. The van der Waals surface area contributed by atoms with Crippen LogP contribution in [-0.2, 0) is 14.7 Å². The number of rotatable bonds is 2. The summed E-state index contributed by atoms with van der Waals surface area (Å²) in [5.41, 5.74) is 0. The fourth-order valence-electron chi connectivity index (χ4n) is 0.885. The zero-order valence-electron chi connectivity index (χ0n) is 7.93. The van der Waals surface area contributed by atoms with Crippen LogP contribution in [0.25, 0.3) is 0 Å². The lowest BCUT2D eigenvalue weighted by Gasteiger charge is -1.98. The Hall–Kier alpha value is -1.42. The van der Waals surface area contributed by atoms with Gasteiger partial charge in [0.05, 0.1) is 6.20 Å². The van der Waals surface area contributed by atoms with Crippen molar-refractivity contribution in [2.75, 3.05) is 0 Å². The molecule has 1 rings (SSSR count). The molecule has 0 aromatic carbocycles. The Kier molecular flexibility index (Phi) is 3.33. The molecule has 0 saturated carbocycles. The SMILES string of the molecule is CC(=O)N=S(N)(=O)c1nn(C(F)F)cc1F. The monoisotopic (exact) mass is 256 g/mol. The second kappa shape index (κ2) is 4.22. The Morgan fingerprint density at radius 3 is 2.62 bits per heavy atom. The number of nitrogens with two attached hydrogens (primary N) is 1. The lowest BCUT2D eigenvalue weighted by Crippen LogP contribution is -2.16. The molecule has 1 heterocycles. The molecule has 1 unspecified atom stereocenters. The van der Waals surface area contributed by atoms with Crippen molar-refractivity contribution in [1.82, 2.24) is 9.78 Å². The number of halogens is 3. The van der Waals surface area contributed by atoms with Crippen LogP contribution < -0.4 is 5.14 Å². The molecule has 0 spiro atoms. The predicted molar refractivity (Wildman–Crippen MR) is 47.1 cm³/mol. The minimum atomic E-state index is -3.92. The van der Waals surface area contributed by atoms with E-state index in [2.05, 4.69) is 9.46 Å². The summed E-state index contributed by atoms with van der Waals surface area (Å²) in [7, 11) is -3.92. The molecule has 1 amide bonds. The van der Waals surface area contributed by atoms with Crippen LogP contribution in [0, 0.1) is 5.82 Å². The van der Waals surface area contributed by atoms with E-state index >= 15 is 0 Å². The van der Waals surface area contributed by atoms with Gasteiger partial charge in [-0.1, -0.05) is 0 Å². The Balaban J connectivity index is 3.35. The molecule has 0 aliphatic heterocycles. The van der Waals surface area contributed by atoms with Crippen LogP contribution in [0.2, 0.25) is 0 Å². The van der Waals surface area contributed by atoms with E-state index in [9.17, 15) is 22.2 Å². The molecule has 0 fully saturated rings. The molecule has 6 nitrogen and oxygen atoms in total. The van der Waals surface area contributed by atoms with Crippen molar-refractivity contribution in [2.45, 2.75) is 18.5 Å². The van der Waals surface area contributed by atoms with Gasteiger partial charge < -0.3 is 0 Å². The first-order valence-electron chi connectivity index (χ1n) is 3.82. The lowest BCUT2D eigenvalue weighted by atomic mass is 10.7. The maximum Gasteiger partial charge on any atom is 0.333 e. The second-order valence-corrected chi connectivity index (χ2v) is 4.43. The van der Waals surface area contributed by atoms with E-state index in [1.165, 1.54) is 0 Å². The highest BCUT2D eigenvalue weighted by Gasteiger charge is 2.21. The maximum atomic E-state index is 13.1. The second-order valence-electron chi connectivity index (χ2n) is 2.72.